The minimum Gasteiger partial charge on any atom is -0.356 e. The Kier molecular flexibility index (Phi) is 3.50. The average molecular weight is 316 g/mol. The van der Waals surface area contributed by atoms with Gasteiger partial charge >= 0.3 is 0 Å². The molecule has 0 saturated heterocycles. The Balaban J connectivity index is 1.63. The minimum absolute atomic E-state index is 0.660. The molecule has 0 aliphatic rings. The van der Waals surface area contributed by atoms with Gasteiger partial charge in [0.05, 0.1) is 0 Å². The van der Waals surface area contributed by atoms with Gasteiger partial charge < -0.3 is 9.05 Å². The quantitative estimate of drug-likeness (QED) is 0.516. The summed E-state index contributed by atoms with van der Waals surface area (Å²) in [5.74, 6) is 1.43. The maximum Gasteiger partial charge on any atom is 0.167 e. The first kappa shape index (κ1) is 14.5. The van der Waals surface area contributed by atoms with E-state index in [-0.39, 0.29) is 0 Å². The fourth-order valence-corrected chi connectivity index (χ4v) is 2.50. The highest BCUT2D eigenvalue weighted by Gasteiger charge is 2.14. The molecule has 0 unspecified atom stereocenters. The first-order valence-electron chi connectivity index (χ1n) is 7.77. The largest absolute Gasteiger partial charge is 0.356 e. The fraction of sp³-hybridized carbons (Fsp3) is 0.100. The summed E-state index contributed by atoms with van der Waals surface area (Å²) in [6.45, 7) is 4.11. The van der Waals surface area contributed by atoms with Gasteiger partial charge in [0.1, 0.15) is 11.4 Å². The normalized spacial score (nSPS) is 10.9. The molecule has 0 atom stereocenters. The number of benzene rings is 2. The predicted octanol–water partition coefficient (Wildman–Crippen LogP) is 5.28. The zero-order valence-electron chi connectivity index (χ0n) is 13.5. The van der Waals surface area contributed by atoms with E-state index in [1.165, 1.54) is 11.1 Å². The number of nitrogens with zero attached hydrogens (tertiary/aromatic N) is 2. The van der Waals surface area contributed by atoms with Crippen LogP contribution in [-0.2, 0) is 0 Å². The van der Waals surface area contributed by atoms with Crippen molar-refractivity contribution in [3.63, 3.8) is 0 Å². The van der Waals surface area contributed by atoms with Crippen molar-refractivity contribution < 1.29 is 9.05 Å². The van der Waals surface area contributed by atoms with Crippen LogP contribution >= 0.6 is 0 Å². The number of rotatable bonds is 3. The molecule has 24 heavy (non-hydrogen) atoms. The number of aromatic nitrogens is 2. The molecule has 0 saturated carbocycles. The molecule has 0 spiro atoms. The topological polar surface area (TPSA) is 52.1 Å². The highest BCUT2D eigenvalue weighted by molar-refractivity contribution is 5.68. The molecule has 4 heteroatoms. The van der Waals surface area contributed by atoms with Crippen LogP contribution in [0.15, 0.2) is 69.7 Å². The lowest BCUT2D eigenvalue weighted by atomic mass is 10.1. The van der Waals surface area contributed by atoms with Crippen molar-refractivity contribution in [2.75, 3.05) is 0 Å². The third-order valence-electron chi connectivity index (χ3n) is 3.95. The molecule has 118 valence electrons. The molecule has 0 amide bonds. The van der Waals surface area contributed by atoms with Crippen LogP contribution in [0.5, 0.6) is 0 Å². The van der Waals surface area contributed by atoms with Crippen molar-refractivity contribution >= 4 is 0 Å². The van der Waals surface area contributed by atoms with Crippen molar-refractivity contribution in [3.05, 3.63) is 71.8 Å². The molecule has 0 fully saturated rings. The van der Waals surface area contributed by atoms with Crippen molar-refractivity contribution in [1.82, 2.24) is 10.3 Å². The lowest BCUT2D eigenvalue weighted by Crippen LogP contribution is -1.75. The number of hydrogen-bond donors (Lipinski definition) is 0. The Bertz CT molecular complexity index is 882. The minimum atomic E-state index is 0.660. The van der Waals surface area contributed by atoms with E-state index in [0.29, 0.717) is 22.9 Å². The molecule has 2 heterocycles. The monoisotopic (exact) mass is 316 g/mol. The van der Waals surface area contributed by atoms with Gasteiger partial charge in [0.25, 0.3) is 0 Å². The van der Waals surface area contributed by atoms with Gasteiger partial charge in [-0.15, -0.1) is 0 Å². The van der Waals surface area contributed by atoms with Crippen molar-refractivity contribution in [3.8, 4) is 34.0 Å². The SMILES string of the molecule is Cc1ccc(-c2cc(-c3cc(-c4ccc(C)cc4)on3)no2)cc1. The summed E-state index contributed by atoms with van der Waals surface area (Å²) in [5.41, 5.74) is 5.71. The van der Waals surface area contributed by atoms with Gasteiger partial charge in [-0.2, -0.15) is 0 Å². The van der Waals surface area contributed by atoms with E-state index < -0.39 is 0 Å². The Hall–Kier alpha value is -3.14. The second-order valence-corrected chi connectivity index (χ2v) is 5.88. The molecule has 4 rings (SSSR count). The van der Waals surface area contributed by atoms with E-state index in [0.717, 1.165) is 11.1 Å². The van der Waals surface area contributed by atoms with Crippen LogP contribution in [0.2, 0.25) is 0 Å². The van der Waals surface area contributed by atoms with Crippen LogP contribution in [-0.4, -0.2) is 10.3 Å². The van der Waals surface area contributed by atoms with Crippen molar-refractivity contribution in [2.45, 2.75) is 13.8 Å². The summed E-state index contributed by atoms with van der Waals surface area (Å²) in [7, 11) is 0. The molecular formula is C20H16N2O2. The molecule has 0 radical (unpaired) electrons. The zero-order valence-corrected chi connectivity index (χ0v) is 13.5. The lowest BCUT2D eigenvalue weighted by Gasteiger charge is -1.95. The Morgan fingerprint density at radius 3 is 1.33 bits per heavy atom. The highest BCUT2D eigenvalue weighted by atomic mass is 16.5. The van der Waals surface area contributed by atoms with Crippen LogP contribution in [0.3, 0.4) is 0 Å². The molecule has 0 aliphatic carbocycles. The van der Waals surface area contributed by atoms with Crippen molar-refractivity contribution in [2.24, 2.45) is 0 Å². The van der Waals surface area contributed by atoms with Gasteiger partial charge in [-0.1, -0.05) is 70.0 Å². The van der Waals surface area contributed by atoms with E-state index in [4.69, 9.17) is 9.05 Å². The number of hydrogen-bond acceptors (Lipinski definition) is 4. The average Bonchev–Trinajstić information content (AvgIpc) is 3.25. The maximum atomic E-state index is 5.44. The Morgan fingerprint density at radius 1 is 0.583 bits per heavy atom. The summed E-state index contributed by atoms with van der Waals surface area (Å²) < 4.78 is 10.9. The fourth-order valence-electron chi connectivity index (χ4n) is 2.50. The van der Waals surface area contributed by atoms with Gasteiger partial charge in [-0.25, -0.2) is 0 Å². The summed E-state index contributed by atoms with van der Waals surface area (Å²) in [5, 5.41) is 8.22. The van der Waals surface area contributed by atoms with Gasteiger partial charge in [0, 0.05) is 23.3 Å². The smallest absolute Gasteiger partial charge is 0.167 e. The third kappa shape index (κ3) is 2.74. The van der Waals surface area contributed by atoms with Gasteiger partial charge in [-0.3, -0.25) is 0 Å². The molecule has 4 aromatic rings. The molecule has 0 N–H and O–H groups in total. The van der Waals surface area contributed by atoms with E-state index in [1.54, 1.807) is 0 Å². The maximum absolute atomic E-state index is 5.44. The summed E-state index contributed by atoms with van der Waals surface area (Å²) in [6, 6.07) is 20.0. The highest BCUT2D eigenvalue weighted by Crippen LogP contribution is 2.29. The van der Waals surface area contributed by atoms with E-state index >= 15 is 0 Å². The summed E-state index contributed by atoms with van der Waals surface area (Å²) in [6.07, 6.45) is 0. The third-order valence-corrected chi connectivity index (χ3v) is 3.95. The van der Waals surface area contributed by atoms with Crippen LogP contribution in [0.4, 0.5) is 0 Å². The second-order valence-electron chi connectivity index (χ2n) is 5.88. The van der Waals surface area contributed by atoms with E-state index in [2.05, 4.69) is 24.2 Å². The van der Waals surface area contributed by atoms with Gasteiger partial charge in [-0.05, 0) is 13.8 Å². The van der Waals surface area contributed by atoms with Crippen LogP contribution < -0.4 is 0 Å². The molecule has 4 nitrogen and oxygen atoms in total. The molecule has 0 aliphatic heterocycles. The van der Waals surface area contributed by atoms with E-state index in [1.807, 2.05) is 60.7 Å². The molecule has 0 bridgehead atoms. The first-order chi connectivity index (χ1) is 11.7. The second kappa shape index (κ2) is 5.81. The number of aryl methyl sites for hydroxylation is 2. The Labute approximate surface area is 139 Å². The molecule has 2 aromatic carbocycles. The standard InChI is InChI=1S/C20H16N2O2/c1-13-3-7-15(8-4-13)19-11-17(21-23-19)18-12-20(24-22-18)16-9-5-14(2)6-10-16/h3-12H,1-2H3. The zero-order chi connectivity index (χ0) is 16.5. The molecule has 2 aromatic heterocycles. The van der Waals surface area contributed by atoms with Crippen molar-refractivity contribution in [1.29, 1.82) is 0 Å². The van der Waals surface area contributed by atoms with E-state index in [9.17, 15) is 0 Å². The molecular weight excluding hydrogens is 300 g/mol. The lowest BCUT2D eigenvalue weighted by molar-refractivity contribution is 0.425. The summed E-state index contributed by atoms with van der Waals surface area (Å²) in [4.78, 5) is 0. The predicted molar refractivity (Wildman–Crippen MR) is 92.3 cm³/mol. The Morgan fingerprint density at radius 2 is 0.958 bits per heavy atom. The summed E-state index contributed by atoms with van der Waals surface area (Å²) >= 11 is 0. The van der Waals surface area contributed by atoms with Gasteiger partial charge in [0.2, 0.25) is 0 Å². The van der Waals surface area contributed by atoms with Crippen LogP contribution in [0.25, 0.3) is 34.0 Å². The van der Waals surface area contributed by atoms with Gasteiger partial charge in [0.15, 0.2) is 11.5 Å². The van der Waals surface area contributed by atoms with Crippen LogP contribution in [0, 0.1) is 13.8 Å². The van der Waals surface area contributed by atoms with Crippen LogP contribution in [0.1, 0.15) is 11.1 Å². The first-order valence-corrected chi connectivity index (χ1v) is 7.77.